The zero-order valence-electron chi connectivity index (χ0n) is 8.99. The van der Waals surface area contributed by atoms with Crippen molar-refractivity contribution in [1.29, 1.82) is 0 Å². The van der Waals surface area contributed by atoms with Crippen molar-refractivity contribution in [2.24, 2.45) is 5.41 Å². The minimum absolute atomic E-state index is 0.00926. The van der Waals surface area contributed by atoms with E-state index in [4.69, 9.17) is 0 Å². The summed E-state index contributed by atoms with van der Waals surface area (Å²) >= 11 is 0. The fourth-order valence-electron chi connectivity index (χ4n) is 0.799. The van der Waals surface area contributed by atoms with Crippen LogP contribution in [0.3, 0.4) is 0 Å². The molecule has 0 aliphatic carbocycles. The van der Waals surface area contributed by atoms with Gasteiger partial charge in [0.05, 0.1) is 6.42 Å². The molecule has 0 atom stereocenters. The van der Waals surface area contributed by atoms with Crippen LogP contribution in [-0.2, 0) is 4.79 Å². The highest BCUT2D eigenvalue weighted by molar-refractivity contribution is 5.86. The van der Waals surface area contributed by atoms with Gasteiger partial charge in [-0.05, 0) is 26.2 Å². The summed E-state index contributed by atoms with van der Waals surface area (Å²) in [6.07, 6.45) is 1.71. The maximum Gasteiger partial charge on any atom is 0.224 e. The van der Waals surface area contributed by atoms with E-state index in [0.717, 1.165) is 0 Å². The van der Waals surface area contributed by atoms with E-state index in [1.165, 1.54) is 0 Å². The van der Waals surface area contributed by atoms with Gasteiger partial charge in [-0.15, -0.1) is 0 Å². The van der Waals surface area contributed by atoms with Gasteiger partial charge >= 0.3 is 0 Å². The van der Waals surface area contributed by atoms with Crippen molar-refractivity contribution in [3.8, 4) is 0 Å². The molecule has 0 rings (SSSR count). The van der Waals surface area contributed by atoms with E-state index in [0.29, 0.717) is 0 Å². The third-order valence-corrected chi connectivity index (χ3v) is 1.06. The molecule has 0 unspecified atom stereocenters. The fraction of sp³-hybridized carbons (Fsp3) is 0.800. The lowest BCUT2D eigenvalue weighted by molar-refractivity contribution is -0.120. The number of hydrogen-bond acceptors (Lipinski definition) is 1. The van der Waals surface area contributed by atoms with E-state index in [9.17, 15) is 4.79 Å². The Kier molecular flexibility index (Phi) is 3.31. The number of rotatable bonds is 1. The first kappa shape index (κ1) is 11.5. The van der Waals surface area contributed by atoms with E-state index in [-0.39, 0.29) is 16.9 Å². The Morgan fingerprint density at radius 3 is 1.75 bits per heavy atom. The van der Waals surface area contributed by atoms with Gasteiger partial charge in [-0.25, -0.2) is 0 Å². The minimum atomic E-state index is -0.140. The van der Waals surface area contributed by atoms with Crippen LogP contribution in [0.25, 0.3) is 0 Å². The Morgan fingerprint density at radius 1 is 1.08 bits per heavy atom. The molecule has 0 aliphatic rings. The molecule has 0 aliphatic heterocycles. The Balaban J connectivity index is 3.92. The second-order valence-electron chi connectivity index (χ2n) is 5.25. The lowest BCUT2D eigenvalue weighted by Gasteiger charge is -2.23. The predicted molar refractivity (Wildman–Crippen MR) is 51.7 cm³/mol. The maximum atomic E-state index is 11.3. The van der Waals surface area contributed by atoms with E-state index < -0.39 is 0 Å². The summed E-state index contributed by atoms with van der Waals surface area (Å²) < 4.78 is 0. The van der Waals surface area contributed by atoms with E-state index >= 15 is 0 Å². The standard InChI is InChI=1S/C10H20NO/c1-9(2,3)7-8(12)11-10(4,5)6/h7H,1-6H3,(H,11,12). The molecule has 1 amide bonds. The van der Waals surface area contributed by atoms with Crippen molar-refractivity contribution in [2.45, 2.75) is 47.1 Å². The minimum Gasteiger partial charge on any atom is -0.351 e. The Hall–Kier alpha value is -0.530. The molecular weight excluding hydrogens is 150 g/mol. The summed E-state index contributed by atoms with van der Waals surface area (Å²) in [6, 6.07) is 0. The third kappa shape index (κ3) is 7.58. The number of nitrogens with one attached hydrogen (secondary N) is 1. The molecule has 0 aromatic heterocycles. The lowest BCUT2D eigenvalue weighted by atomic mass is 9.91. The molecule has 0 heterocycles. The summed E-state index contributed by atoms with van der Waals surface area (Å²) in [4.78, 5) is 11.3. The van der Waals surface area contributed by atoms with Crippen LogP contribution in [0.15, 0.2) is 0 Å². The molecule has 1 radical (unpaired) electrons. The second-order valence-corrected chi connectivity index (χ2v) is 5.25. The Morgan fingerprint density at radius 2 is 1.50 bits per heavy atom. The smallest absolute Gasteiger partial charge is 0.224 e. The highest BCUT2D eigenvalue weighted by Crippen LogP contribution is 2.17. The number of hydrogen-bond donors (Lipinski definition) is 1. The van der Waals surface area contributed by atoms with Gasteiger partial charge in [0.25, 0.3) is 0 Å². The van der Waals surface area contributed by atoms with Crippen molar-refractivity contribution >= 4 is 5.91 Å². The SMILES string of the molecule is CC(C)(C)[CH]C(=O)NC(C)(C)C. The van der Waals surface area contributed by atoms with E-state index in [2.05, 4.69) is 5.32 Å². The molecule has 0 saturated heterocycles. The van der Waals surface area contributed by atoms with Crippen LogP contribution in [0.1, 0.15) is 41.5 Å². The van der Waals surface area contributed by atoms with Gasteiger partial charge in [-0.1, -0.05) is 20.8 Å². The third-order valence-electron chi connectivity index (χ3n) is 1.06. The molecule has 12 heavy (non-hydrogen) atoms. The fourth-order valence-corrected chi connectivity index (χ4v) is 0.799. The van der Waals surface area contributed by atoms with Gasteiger partial charge in [0, 0.05) is 5.54 Å². The summed E-state index contributed by atoms with van der Waals surface area (Å²) in [5.41, 5.74) is -0.186. The molecular formula is C10H20NO. The predicted octanol–water partition coefficient (Wildman–Crippen LogP) is 2.15. The van der Waals surface area contributed by atoms with Crippen LogP contribution in [-0.4, -0.2) is 11.4 Å². The zero-order chi connectivity index (χ0) is 9.99. The van der Waals surface area contributed by atoms with Crippen molar-refractivity contribution in [3.63, 3.8) is 0 Å². The normalized spacial score (nSPS) is 12.8. The van der Waals surface area contributed by atoms with Crippen LogP contribution in [0, 0.1) is 11.8 Å². The molecule has 0 fully saturated rings. The second kappa shape index (κ2) is 3.46. The largest absolute Gasteiger partial charge is 0.351 e. The van der Waals surface area contributed by atoms with Crippen molar-refractivity contribution in [3.05, 3.63) is 6.42 Å². The van der Waals surface area contributed by atoms with Crippen molar-refractivity contribution in [1.82, 2.24) is 5.32 Å². The van der Waals surface area contributed by atoms with Gasteiger partial charge in [0.15, 0.2) is 0 Å². The molecule has 1 N–H and O–H groups in total. The highest BCUT2D eigenvalue weighted by Gasteiger charge is 2.20. The number of carbonyl (C=O) groups is 1. The average molecular weight is 170 g/mol. The lowest BCUT2D eigenvalue weighted by Crippen LogP contribution is -2.42. The van der Waals surface area contributed by atoms with Crippen LogP contribution in [0.4, 0.5) is 0 Å². The van der Waals surface area contributed by atoms with Gasteiger partial charge in [0.1, 0.15) is 0 Å². The quantitative estimate of drug-likeness (QED) is 0.642. The van der Waals surface area contributed by atoms with E-state index in [1.54, 1.807) is 6.42 Å². The van der Waals surface area contributed by atoms with Crippen LogP contribution >= 0.6 is 0 Å². The zero-order valence-corrected chi connectivity index (χ0v) is 8.99. The summed E-state index contributed by atoms with van der Waals surface area (Å²) in [7, 11) is 0. The summed E-state index contributed by atoms with van der Waals surface area (Å²) in [5, 5.41) is 2.88. The molecule has 0 aromatic rings. The molecule has 2 heteroatoms. The van der Waals surface area contributed by atoms with Gasteiger partial charge in [0.2, 0.25) is 5.91 Å². The molecule has 2 nitrogen and oxygen atoms in total. The highest BCUT2D eigenvalue weighted by atomic mass is 16.1. The van der Waals surface area contributed by atoms with Crippen LogP contribution < -0.4 is 5.32 Å². The first-order valence-corrected chi connectivity index (χ1v) is 4.28. The average Bonchev–Trinajstić information content (AvgIpc) is 1.49. The number of carbonyl (C=O) groups excluding carboxylic acids is 1. The van der Waals surface area contributed by atoms with Gasteiger partial charge in [-0.3, -0.25) is 4.79 Å². The molecule has 0 aromatic carbocycles. The Labute approximate surface area is 75.7 Å². The Bertz CT molecular complexity index is 142. The maximum absolute atomic E-state index is 11.3. The number of amides is 1. The van der Waals surface area contributed by atoms with Gasteiger partial charge in [-0.2, -0.15) is 0 Å². The van der Waals surface area contributed by atoms with E-state index in [1.807, 2.05) is 41.5 Å². The summed E-state index contributed by atoms with van der Waals surface area (Å²) in [5.74, 6) is 0.00926. The van der Waals surface area contributed by atoms with Crippen molar-refractivity contribution < 1.29 is 4.79 Å². The van der Waals surface area contributed by atoms with Crippen LogP contribution in [0.5, 0.6) is 0 Å². The van der Waals surface area contributed by atoms with Crippen LogP contribution in [0.2, 0.25) is 0 Å². The first-order chi connectivity index (χ1) is 5.10. The molecule has 0 bridgehead atoms. The monoisotopic (exact) mass is 170 g/mol. The molecule has 71 valence electrons. The molecule has 0 saturated carbocycles. The summed E-state index contributed by atoms with van der Waals surface area (Å²) in [6.45, 7) is 11.9. The van der Waals surface area contributed by atoms with Gasteiger partial charge < -0.3 is 5.32 Å². The van der Waals surface area contributed by atoms with Crippen molar-refractivity contribution in [2.75, 3.05) is 0 Å². The topological polar surface area (TPSA) is 29.1 Å². The molecule has 0 spiro atoms. The first-order valence-electron chi connectivity index (χ1n) is 4.28.